The molecular weight excluding hydrogens is 408 g/mol. The third kappa shape index (κ3) is 6.39. The summed E-state index contributed by atoms with van der Waals surface area (Å²) in [6.07, 6.45) is 0. The van der Waals surface area contributed by atoms with E-state index in [0.29, 0.717) is 5.69 Å². The molecule has 2 aromatic carbocycles. The van der Waals surface area contributed by atoms with E-state index >= 15 is 0 Å². The molecule has 1 aliphatic heterocycles. The van der Waals surface area contributed by atoms with Crippen molar-refractivity contribution in [3.63, 3.8) is 0 Å². The second-order valence-corrected chi connectivity index (χ2v) is 6.97. The van der Waals surface area contributed by atoms with Gasteiger partial charge in [-0.1, -0.05) is 19.1 Å². The van der Waals surface area contributed by atoms with E-state index in [2.05, 4.69) is 26.8 Å². The number of amides is 1. The quantitative estimate of drug-likeness (QED) is 0.645. The zero-order valence-corrected chi connectivity index (χ0v) is 17.2. The number of halogens is 2. The molecule has 2 aromatic rings. The van der Waals surface area contributed by atoms with Crippen LogP contribution in [0.5, 0.6) is 5.75 Å². The molecule has 1 N–H and O–H groups in total. The number of nitrogens with zero attached hydrogens (tertiary/aromatic N) is 2. The Morgan fingerprint density at radius 2 is 1.71 bits per heavy atom. The third-order valence-electron chi connectivity index (χ3n) is 4.99. The lowest BCUT2D eigenvalue weighted by molar-refractivity contribution is -0.119. The lowest BCUT2D eigenvalue weighted by atomic mass is 10.2. The minimum absolute atomic E-state index is 0.178. The molecule has 0 saturated carbocycles. The number of hydrogen-bond acceptors (Lipinski definition) is 6. The SMILES string of the molecule is CCN1CCN(c2ccc(NC(=O)COC(=O)c3ccccc3OC(F)F)cc2)CC1. The molecule has 0 atom stereocenters. The fourth-order valence-corrected chi connectivity index (χ4v) is 3.32. The van der Waals surface area contributed by atoms with Crippen molar-refractivity contribution in [2.24, 2.45) is 0 Å². The summed E-state index contributed by atoms with van der Waals surface area (Å²) in [5.74, 6) is -1.77. The zero-order chi connectivity index (χ0) is 22.2. The van der Waals surface area contributed by atoms with Gasteiger partial charge in [-0.25, -0.2) is 4.79 Å². The van der Waals surface area contributed by atoms with Crippen LogP contribution in [0.3, 0.4) is 0 Å². The average Bonchev–Trinajstić information content (AvgIpc) is 2.78. The highest BCUT2D eigenvalue weighted by atomic mass is 19.3. The predicted octanol–water partition coefficient (Wildman–Crippen LogP) is 3.23. The first-order valence-corrected chi connectivity index (χ1v) is 10.0. The number of piperazine rings is 1. The number of alkyl halides is 2. The Hall–Kier alpha value is -3.20. The van der Waals surface area contributed by atoms with Crippen molar-refractivity contribution >= 4 is 23.3 Å². The number of carbonyl (C=O) groups is 2. The first-order chi connectivity index (χ1) is 15.0. The Morgan fingerprint density at radius 3 is 2.35 bits per heavy atom. The van der Waals surface area contributed by atoms with Gasteiger partial charge in [-0.15, -0.1) is 0 Å². The molecule has 31 heavy (non-hydrogen) atoms. The van der Waals surface area contributed by atoms with Crippen molar-refractivity contribution in [1.29, 1.82) is 0 Å². The van der Waals surface area contributed by atoms with Crippen LogP contribution in [-0.4, -0.2) is 62.7 Å². The first-order valence-electron chi connectivity index (χ1n) is 10.0. The van der Waals surface area contributed by atoms with Crippen LogP contribution >= 0.6 is 0 Å². The van der Waals surface area contributed by atoms with Crippen LogP contribution < -0.4 is 15.0 Å². The summed E-state index contributed by atoms with van der Waals surface area (Å²) in [6, 6.07) is 12.9. The van der Waals surface area contributed by atoms with Gasteiger partial charge in [0.05, 0.1) is 0 Å². The van der Waals surface area contributed by atoms with Crippen LogP contribution in [0.15, 0.2) is 48.5 Å². The van der Waals surface area contributed by atoms with Gasteiger partial charge in [0.2, 0.25) is 0 Å². The van der Waals surface area contributed by atoms with Crippen LogP contribution in [0.2, 0.25) is 0 Å². The molecular formula is C22H25F2N3O4. The maximum Gasteiger partial charge on any atom is 0.387 e. The average molecular weight is 433 g/mol. The zero-order valence-electron chi connectivity index (χ0n) is 17.2. The largest absolute Gasteiger partial charge is 0.452 e. The summed E-state index contributed by atoms with van der Waals surface area (Å²) in [5.41, 5.74) is 1.47. The van der Waals surface area contributed by atoms with E-state index in [1.54, 1.807) is 12.1 Å². The van der Waals surface area contributed by atoms with E-state index < -0.39 is 25.1 Å². The van der Waals surface area contributed by atoms with Crippen LogP contribution in [-0.2, 0) is 9.53 Å². The molecule has 1 saturated heterocycles. The Labute approximate surface area is 179 Å². The summed E-state index contributed by atoms with van der Waals surface area (Å²) in [5, 5.41) is 2.65. The predicted molar refractivity (Wildman–Crippen MR) is 113 cm³/mol. The summed E-state index contributed by atoms with van der Waals surface area (Å²) in [7, 11) is 0. The normalized spacial score (nSPS) is 14.4. The molecule has 166 valence electrons. The van der Waals surface area contributed by atoms with Gasteiger partial charge in [0, 0.05) is 37.6 Å². The van der Waals surface area contributed by atoms with E-state index in [9.17, 15) is 18.4 Å². The number of benzene rings is 2. The first kappa shape index (κ1) is 22.5. The lowest BCUT2D eigenvalue weighted by Crippen LogP contribution is -2.46. The molecule has 0 spiro atoms. The highest BCUT2D eigenvalue weighted by Gasteiger charge is 2.18. The topological polar surface area (TPSA) is 71.1 Å². The van der Waals surface area contributed by atoms with Gasteiger partial charge < -0.3 is 24.6 Å². The monoisotopic (exact) mass is 433 g/mol. The minimum atomic E-state index is -3.07. The molecule has 9 heteroatoms. The molecule has 1 aliphatic rings. The van der Waals surface area contributed by atoms with E-state index in [-0.39, 0.29) is 11.3 Å². The Kier molecular flexibility index (Phi) is 7.77. The minimum Gasteiger partial charge on any atom is -0.452 e. The summed E-state index contributed by atoms with van der Waals surface area (Å²) < 4.78 is 34.2. The second kappa shape index (κ2) is 10.7. The number of ether oxygens (including phenoxy) is 2. The van der Waals surface area contributed by atoms with Crippen molar-refractivity contribution in [3.05, 3.63) is 54.1 Å². The molecule has 7 nitrogen and oxygen atoms in total. The number of esters is 1. The molecule has 0 unspecified atom stereocenters. The maximum absolute atomic E-state index is 12.5. The second-order valence-electron chi connectivity index (χ2n) is 6.97. The molecule has 1 heterocycles. The van der Waals surface area contributed by atoms with Gasteiger partial charge in [-0.05, 0) is 42.9 Å². The van der Waals surface area contributed by atoms with Crippen LogP contribution in [0.4, 0.5) is 20.2 Å². The summed E-state index contributed by atoms with van der Waals surface area (Å²) >= 11 is 0. The molecule has 1 amide bonds. The van der Waals surface area contributed by atoms with Crippen LogP contribution in [0, 0.1) is 0 Å². The fourth-order valence-electron chi connectivity index (χ4n) is 3.32. The molecule has 0 aliphatic carbocycles. The molecule has 0 radical (unpaired) electrons. The van der Waals surface area contributed by atoms with Crippen molar-refractivity contribution in [1.82, 2.24) is 4.90 Å². The van der Waals surface area contributed by atoms with E-state index in [1.807, 2.05) is 12.1 Å². The Bertz CT molecular complexity index is 885. The smallest absolute Gasteiger partial charge is 0.387 e. The highest BCUT2D eigenvalue weighted by molar-refractivity contribution is 5.96. The molecule has 0 aromatic heterocycles. The molecule has 0 bridgehead atoms. The standard InChI is InChI=1S/C22H25F2N3O4/c1-2-26-11-13-27(14-12-26)17-9-7-16(8-10-17)25-20(28)15-30-21(29)18-5-3-4-6-19(18)31-22(23)24/h3-10,22H,2,11-15H2,1H3,(H,25,28). The van der Waals surface area contributed by atoms with E-state index in [0.717, 1.165) is 38.4 Å². The van der Waals surface area contributed by atoms with Gasteiger partial charge in [-0.2, -0.15) is 8.78 Å². The number of anilines is 2. The van der Waals surface area contributed by atoms with Crippen LogP contribution in [0.25, 0.3) is 0 Å². The number of hydrogen-bond donors (Lipinski definition) is 1. The molecule has 3 rings (SSSR count). The Morgan fingerprint density at radius 1 is 1.03 bits per heavy atom. The number of rotatable bonds is 8. The number of nitrogens with one attached hydrogen (secondary N) is 1. The highest BCUT2D eigenvalue weighted by Crippen LogP contribution is 2.22. The van der Waals surface area contributed by atoms with Gasteiger partial charge in [0.1, 0.15) is 11.3 Å². The van der Waals surface area contributed by atoms with Crippen molar-refractivity contribution in [3.8, 4) is 5.75 Å². The number of para-hydroxylation sites is 1. The maximum atomic E-state index is 12.5. The number of likely N-dealkylation sites (N-methyl/N-ethyl adjacent to an activating group) is 1. The summed E-state index contributed by atoms with van der Waals surface area (Å²) in [4.78, 5) is 28.9. The van der Waals surface area contributed by atoms with Crippen molar-refractivity contribution < 1.29 is 27.8 Å². The third-order valence-corrected chi connectivity index (χ3v) is 4.99. The van der Waals surface area contributed by atoms with Crippen molar-refractivity contribution in [2.75, 3.05) is 49.5 Å². The van der Waals surface area contributed by atoms with E-state index in [1.165, 1.54) is 24.3 Å². The fraction of sp³-hybridized carbons (Fsp3) is 0.364. The van der Waals surface area contributed by atoms with Gasteiger partial charge in [0.25, 0.3) is 5.91 Å². The lowest BCUT2D eigenvalue weighted by Gasteiger charge is -2.35. The summed E-state index contributed by atoms with van der Waals surface area (Å²) in [6.45, 7) is 3.52. The van der Waals surface area contributed by atoms with Crippen molar-refractivity contribution in [2.45, 2.75) is 13.5 Å². The number of carbonyl (C=O) groups excluding carboxylic acids is 2. The van der Waals surface area contributed by atoms with Crippen LogP contribution in [0.1, 0.15) is 17.3 Å². The van der Waals surface area contributed by atoms with Gasteiger partial charge in [0.15, 0.2) is 6.61 Å². The molecule has 1 fully saturated rings. The Balaban J connectivity index is 1.49. The van der Waals surface area contributed by atoms with Gasteiger partial charge >= 0.3 is 12.6 Å². The van der Waals surface area contributed by atoms with E-state index in [4.69, 9.17) is 4.74 Å². The van der Waals surface area contributed by atoms with Gasteiger partial charge in [-0.3, -0.25) is 4.79 Å².